The summed E-state index contributed by atoms with van der Waals surface area (Å²) in [5.74, 6) is 0.829. The van der Waals surface area contributed by atoms with Crippen LogP contribution in [0, 0.1) is 0 Å². The van der Waals surface area contributed by atoms with Gasteiger partial charge in [0, 0.05) is 0 Å². The molecule has 0 fully saturated rings. The fraction of sp³-hybridized carbons (Fsp3) is 0.562. The van der Waals surface area contributed by atoms with E-state index in [1.165, 1.54) is 44.6 Å². The Morgan fingerprint density at radius 2 is 1.63 bits per heavy atom. The largest absolute Gasteiger partial charge is 0.494 e. The van der Waals surface area contributed by atoms with Crippen LogP contribution in [0.5, 0.6) is 5.75 Å². The lowest BCUT2D eigenvalue weighted by Gasteiger charge is -2.06. The zero-order chi connectivity index (χ0) is 13.8. The Bertz CT molecular complexity index is 380. The minimum absolute atomic E-state index is 0.610. The average molecular weight is 261 g/mol. The standard InChI is InChI=1S/C16H23NO2/c1-2-3-4-5-6-7-8-13-19-16-11-9-15(10-12-16)17-14-18/h9-12H,2-8,13H2,1H3. The highest BCUT2D eigenvalue weighted by molar-refractivity contribution is 5.49. The number of hydrogen-bond acceptors (Lipinski definition) is 3. The molecule has 19 heavy (non-hydrogen) atoms. The highest BCUT2D eigenvalue weighted by Gasteiger charge is 1.95. The van der Waals surface area contributed by atoms with Gasteiger partial charge in [0.15, 0.2) is 0 Å². The number of rotatable bonds is 10. The van der Waals surface area contributed by atoms with Crippen molar-refractivity contribution in [1.29, 1.82) is 0 Å². The number of ether oxygens (including phenoxy) is 1. The van der Waals surface area contributed by atoms with Crippen LogP contribution >= 0.6 is 0 Å². The molecule has 0 aliphatic carbocycles. The SMILES string of the molecule is CCCCCCCCCOc1ccc(N=C=O)cc1. The number of aliphatic imine (C=N–C) groups is 1. The molecule has 1 rings (SSSR count). The second-order valence-corrected chi connectivity index (χ2v) is 4.67. The van der Waals surface area contributed by atoms with Crippen molar-refractivity contribution in [2.75, 3.05) is 6.61 Å². The molecule has 0 saturated heterocycles. The molecule has 3 nitrogen and oxygen atoms in total. The van der Waals surface area contributed by atoms with Gasteiger partial charge in [0.1, 0.15) is 5.75 Å². The van der Waals surface area contributed by atoms with Crippen LogP contribution in [0.4, 0.5) is 5.69 Å². The summed E-state index contributed by atoms with van der Waals surface area (Å²) in [7, 11) is 0. The first-order valence-electron chi connectivity index (χ1n) is 7.17. The fourth-order valence-electron chi connectivity index (χ4n) is 1.92. The van der Waals surface area contributed by atoms with Gasteiger partial charge in [0.05, 0.1) is 12.3 Å². The van der Waals surface area contributed by atoms with Crippen molar-refractivity contribution in [1.82, 2.24) is 0 Å². The van der Waals surface area contributed by atoms with Gasteiger partial charge in [-0.15, -0.1) is 0 Å². The highest BCUT2D eigenvalue weighted by atomic mass is 16.5. The Kier molecular flexibility index (Phi) is 8.41. The zero-order valence-corrected chi connectivity index (χ0v) is 11.7. The molecule has 0 aliphatic rings. The quantitative estimate of drug-likeness (QED) is 0.345. The van der Waals surface area contributed by atoms with E-state index in [0.717, 1.165) is 18.8 Å². The molecular weight excluding hydrogens is 238 g/mol. The molecule has 1 aromatic carbocycles. The zero-order valence-electron chi connectivity index (χ0n) is 11.7. The van der Waals surface area contributed by atoms with Gasteiger partial charge < -0.3 is 4.74 Å². The Hall–Kier alpha value is -1.60. The minimum Gasteiger partial charge on any atom is -0.494 e. The van der Waals surface area contributed by atoms with Crippen molar-refractivity contribution in [3.8, 4) is 5.75 Å². The summed E-state index contributed by atoms with van der Waals surface area (Å²) < 4.78 is 5.63. The minimum atomic E-state index is 0.610. The van der Waals surface area contributed by atoms with Gasteiger partial charge in [0.2, 0.25) is 6.08 Å². The first kappa shape index (κ1) is 15.5. The molecule has 0 amide bonds. The number of nitrogens with zero attached hydrogens (tertiary/aromatic N) is 1. The lowest BCUT2D eigenvalue weighted by molar-refractivity contribution is 0.304. The fourth-order valence-corrected chi connectivity index (χ4v) is 1.92. The predicted octanol–water partition coefficient (Wildman–Crippen LogP) is 4.78. The summed E-state index contributed by atoms with van der Waals surface area (Å²) in [6.45, 7) is 2.99. The summed E-state index contributed by atoms with van der Waals surface area (Å²) >= 11 is 0. The Labute approximate surface area is 115 Å². The van der Waals surface area contributed by atoms with E-state index in [-0.39, 0.29) is 0 Å². The smallest absolute Gasteiger partial charge is 0.240 e. The average Bonchev–Trinajstić information content (AvgIpc) is 2.44. The maximum atomic E-state index is 10.1. The number of unbranched alkanes of at least 4 members (excludes halogenated alkanes) is 6. The molecule has 0 unspecified atom stereocenters. The molecule has 104 valence electrons. The summed E-state index contributed by atoms with van der Waals surface area (Å²) in [5, 5.41) is 0. The van der Waals surface area contributed by atoms with E-state index in [1.807, 2.05) is 12.1 Å². The van der Waals surface area contributed by atoms with Crippen molar-refractivity contribution < 1.29 is 9.53 Å². The summed E-state index contributed by atoms with van der Waals surface area (Å²) in [4.78, 5) is 13.6. The monoisotopic (exact) mass is 261 g/mol. The van der Waals surface area contributed by atoms with Crippen molar-refractivity contribution >= 4 is 11.8 Å². The topological polar surface area (TPSA) is 38.7 Å². The van der Waals surface area contributed by atoms with Crippen LogP contribution in [0.2, 0.25) is 0 Å². The Morgan fingerprint density at radius 3 is 2.26 bits per heavy atom. The first-order chi connectivity index (χ1) is 9.36. The predicted molar refractivity (Wildman–Crippen MR) is 77.7 cm³/mol. The van der Waals surface area contributed by atoms with E-state index < -0.39 is 0 Å². The lowest BCUT2D eigenvalue weighted by atomic mass is 10.1. The van der Waals surface area contributed by atoms with Crippen molar-refractivity contribution in [3.63, 3.8) is 0 Å². The van der Waals surface area contributed by atoms with Crippen LogP contribution in [0.3, 0.4) is 0 Å². The second-order valence-electron chi connectivity index (χ2n) is 4.67. The molecule has 0 saturated carbocycles. The van der Waals surface area contributed by atoms with Gasteiger partial charge in [-0.2, -0.15) is 4.99 Å². The molecular formula is C16H23NO2. The second kappa shape index (κ2) is 10.3. The van der Waals surface area contributed by atoms with E-state index >= 15 is 0 Å². The molecule has 0 spiro atoms. The van der Waals surface area contributed by atoms with E-state index in [9.17, 15) is 4.79 Å². The molecule has 0 N–H and O–H groups in total. The van der Waals surface area contributed by atoms with Gasteiger partial charge in [-0.05, 0) is 30.7 Å². The van der Waals surface area contributed by atoms with Crippen LogP contribution in [-0.4, -0.2) is 12.7 Å². The maximum Gasteiger partial charge on any atom is 0.240 e. The Balaban J connectivity index is 2.07. The van der Waals surface area contributed by atoms with E-state index in [2.05, 4.69) is 11.9 Å². The van der Waals surface area contributed by atoms with E-state index in [4.69, 9.17) is 4.74 Å². The van der Waals surface area contributed by atoms with Crippen LogP contribution in [0.25, 0.3) is 0 Å². The van der Waals surface area contributed by atoms with Gasteiger partial charge in [-0.25, -0.2) is 4.79 Å². The van der Waals surface area contributed by atoms with Gasteiger partial charge >= 0.3 is 0 Å². The normalized spacial score (nSPS) is 9.95. The highest BCUT2D eigenvalue weighted by Crippen LogP contribution is 2.17. The van der Waals surface area contributed by atoms with Crippen LogP contribution < -0.4 is 4.74 Å². The lowest BCUT2D eigenvalue weighted by Crippen LogP contribution is -1.96. The van der Waals surface area contributed by atoms with Gasteiger partial charge in [-0.3, -0.25) is 0 Å². The van der Waals surface area contributed by atoms with Gasteiger partial charge in [-0.1, -0.05) is 45.4 Å². The van der Waals surface area contributed by atoms with E-state index in [1.54, 1.807) is 12.1 Å². The third kappa shape index (κ3) is 7.43. The maximum absolute atomic E-state index is 10.1. The summed E-state index contributed by atoms with van der Waals surface area (Å²) in [6.07, 6.45) is 10.5. The molecule has 0 atom stereocenters. The number of benzene rings is 1. The van der Waals surface area contributed by atoms with Crippen LogP contribution in [0.15, 0.2) is 29.3 Å². The molecule has 0 aromatic heterocycles. The van der Waals surface area contributed by atoms with E-state index in [0.29, 0.717) is 5.69 Å². The number of carbonyl (C=O) groups excluding carboxylic acids is 1. The molecule has 0 aliphatic heterocycles. The number of isocyanates is 1. The Morgan fingerprint density at radius 1 is 1.00 bits per heavy atom. The van der Waals surface area contributed by atoms with Crippen molar-refractivity contribution in [2.45, 2.75) is 51.9 Å². The van der Waals surface area contributed by atoms with Crippen molar-refractivity contribution in [3.05, 3.63) is 24.3 Å². The summed E-state index contributed by atoms with van der Waals surface area (Å²) in [5.41, 5.74) is 0.610. The molecule has 0 heterocycles. The first-order valence-corrected chi connectivity index (χ1v) is 7.17. The summed E-state index contributed by atoms with van der Waals surface area (Å²) in [6, 6.07) is 7.17. The molecule has 1 aromatic rings. The van der Waals surface area contributed by atoms with Crippen LogP contribution in [-0.2, 0) is 4.79 Å². The van der Waals surface area contributed by atoms with Gasteiger partial charge in [0.25, 0.3) is 0 Å². The van der Waals surface area contributed by atoms with Crippen molar-refractivity contribution in [2.24, 2.45) is 4.99 Å². The molecule has 0 bridgehead atoms. The van der Waals surface area contributed by atoms with Crippen LogP contribution in [0.1, 0.15) is 51.9 Å². The third-order valence-electron chi connectivity index (χ3n) is 3.03. The molecule has 3 heteroatoms. The number of hydrogen-bond donors (Lipinski definition) is 0. The molecule has 0 radical (unpaired) electrons. The third-order valence-corrected chi connectivity index (χ3v) is 3.03.